The average molecular weight is 742 g/mol. The molecule has 0 spiro atoms. The maximum atomic E-state index is 10.1. The molecular weight excluding hydrogens is 712 g/mol. The minimum absolute atomic E-state index is 0. The van der Waals surface area contributed by atoms with Gasteiger partial charge in [0, 0.05) is 34.1 Å². The number of carboxylic acids is 6. The first kappa shape index (κ1) is 51.0. The zero-order chi connectivity index (χ0) is 34.4. The van der Waals surface area contributed by atoms with Gasteiger partial charge in [-0.1, -0.05) is 0 Å². The fourth-order valence-electron chi connectivity index (χ4n) is 2.00. The van der Waals surface area contributed by atoms with Crippen molar-refractivity contribution in [1.82, 2.24) is 0 Å². The van der Waals surface area contributed by atoms with Crippen LogP contribution in [-0.2, 0) is 62.9 Å². The van der Waals surface area contributed by atoms with Crippen LogP contribution in [-0.4, -0.2) is 201 Å². The molecule has 0 saturated heterocycles. The minimum Gasteiger partial charge on any atom is -0.479 e. The van der Waals surface area contributed by atoms with Gasteiger partial charge < -0.3 is 91.9 Å². The molecule has 0 rings (SSSR count). The monoisotopic (exact) mass is 742 g/mol. The van der Waals surface area contributed by atoms with Crippen molar-refractivity contribution in [3.63, 3.8) is 0 Å². The Morgan fingerprint density at radius 2 is 0.318 bits per heavy atom. The first-order valence-corrected chi connectivity index (χ1v) is 10.4. The number of carboxylic acid groups (broad SMARTS) is 6. The predicted molar refractivity (Wildman–Crippen MR) is 118 cm³/mol. The molecule has 18 N–H and O–H groups in total. The summed E-state index contributed by atoms with van der Waals surface area (Å²) in [5.41, 5.74) is 0. The van der Waals surface area contributed by atoms with Crippen LogP contribution in [0.15, 0.2) is 0 Å². The van der Waals surface area contributed by atoms with E-state index in [-0.39, 0.29) is 34.1 Å². The first-order chi connectivity index (χ1) is 18.9. The molecule has 0 unspecified atom stereocenters. The molecule has 26 heteroatoms. The molecule has 0 amide bonds. The fraction of sp³-hybridized carbons (Fsp3) is 0.667. The van der Waals surface area contributed by atoms with Crippen LogP contribution in [0.4, 0.5) is 0 Å². The van der Waals surface area contributed by atoms with Crippen molar-refractivity contribution in [3.05, 3.63) is 0 Å². The third-order valence-corrected chi connectivity index (χ3v) is 4.51. The Labute approximate surface area is 263 Å². The van der Waals surface area contributed by atoms with Gasteiger partial charge in [0.1, 0.15) is 36.6 Å². The third-order valence-electron chi connectivity index (χ3n) is 4.51. The van der Waals surface area contributed by atoms with E-state index < -0.39 is 109 Å². The van der Waals surface area contributed by atoms with Crippen molar-refractivity contribution < 1.29 is 155 Å². The van der Waals surface area contributed by atoms with Crippen molar-refractivity contribution in [2.75, 3.05) is 0 Å². The van der Waals surface area contributed by atoms with E-state index in [2.05, 4.69) is 0 Å². The third kappa shape index (κ3) is 17.6. The zero-order valence-electron chi connectivity index (χ0n) is 21.1. The van der Waals surface area contributed by atoms with Crippen LogP contribution in [0.5, 0.6) is 0 Å². The van der Waals surface area contributed by atoms with Crippen molar-refractivity contribution in [2.45, 2.75) is 73.2 Å². The van der Waals surface area contributed by atoms with Crippen LogP contribution in [0, 0.1) is 0 Å². The summed E-state index contributed by atoms with van der Waals surface area (Å²) in [5.74, 6) is -11.0. The maximum Gasteiger partial charge on any atom is 0.335 e. The quantitative estimate of drug-likeness (QED) is 0.0692. The van der Waals surface area contributed by atoms with Gasteiger partial charge >= 0.3 is 35.8 Å². The molecule has 0 radical (unpaired) electrons. The zero-order valence-corrected chi connectivity index (χ0v) is 23.3. The van der Waals surface area contributed by atoms with E-state index in [4.69, 9.17) is 91.9 Å². The van der Waals surface area contributed by atoms with E-state index in [1.165, 1.54) is 0 Å². The Morgan fingerprint density at radius 3 is 0.364 bits per heavy atom. The number of aliphatic hydroxyl groups is 12. The van der Waals surface area contributed by atoms with E-state index in [1.54, 1.807) is 0 Å². The Hall–Kier alpha value is -2.62. The Bertz CT molecular complexity index is 731. The van der Waals surface area contributed by atoms with Crippen molar-refractivity contribution >= 4 is 35.8 Å². The van der Waals surface area contributed by atoms with Gasteiger partial charge in [-0.15, -0.1) is 0 Å². The number of rotatable bonds is 15. The molecule has 0 aromatic heterocycles. The molecule has 0 aromatic rings. The summed E-state index contributed by atoms with van der Waals surface area (Å²) >= 11 is 0. The molecule has 0 fully saturated rings. The van der Waals surface area contributed by atoms with Crippen LogP contribution in [0.25, 0.3) is 0 Å². The summed E-state index contributed by atoms with van der Waals surface area (Å²) in [7, 11) is 0. The van der Waals surface area contributed by atoms with Crippen LogP contribution in [0.3, 0.4) is 0 Å². The minimum atomic E-state index is -2.36. The Balaban J connectivity index is -0.000000169. The maximum absolute atomic E-state index is 10.1. The molecule has 12 atom stereocenters. The van der Waals surface area contributed by atoms with Gasteiger partial charge in [0.05, 0.1) is 0 Å². The van der Waals surface area contributed by atoms with Crippen molar-refractivity contribution in [1.29, 1.82) is 0 Å². The molecule has 0 aliphatic carbocycles. The van der Waals surface area contributed by atoms with Gasteiger partial charge in [0.15, 0.2) is 36.6 Å². The largest absolute Gasteiger partial charge is 0.479 e. The molecule has 0 aromatic carbocycles. The molecule has 262 valence electrons. The number of aliphatic carboxylic acids is 6. The SMILES string of the molecule is O=C(O)[C@@H](O)[C@@H](O)[C@H](O)[C@@H](O)C(=O)O.O=C(O)[C@@H](O)[C@H](O)[C@H](O)[C@@H](O)C(=O)O.O=C(O)[C@@H](O)[C@H](O)[C@H](O)[C@@H](O)C(=O)O.[Fe].[Fe]. The van der Waals surface area contributed by atoms with E-state index in [9.17, 15) is 28.8 Å². The number of hydrogen-bond acceptors (Lipinski definition) is 18. The second-order valence-electron chi connectivity index (χ2n) is 7.64. The molecule has 0 saturated carbocycles. The van der Waals surface area contributed by atoms with Gasteiger partial charge in [-0.25, -0.2) is 28.8 Å². The van der Waals surface area contributed by atoms with Gasteiger partial charge in [0.25, 0.3) is 0 Å². The Morgan fingerprint density at radius 1 is 0.250 bits per heavy atom. The predicted octanol–water partition coefficient (Wildman–Crippen LogP) is -10.2. The van der Waals surface area contributed by atoms with Gasteiger partial charge in [0.2, 0.25) is 0 Å². The van der Waals surface area contributed by atoms with Gasteiger partial charge in [-0.3, -0.25) is 0 Å². The van der Waals surface area contributed by atoms with Crippen LogP contribution in [0.2, 0.25) is 0 Å². The van der Waals surface area contributed by atoms with Crippen molar-refractivity contribution in [2.24, 2.45) is 0 Å². The summed E-state index contributed by atoms with van der Waals surface area (Å²) in [6.45, 7) is 0. The summed E-state index contributed by atoms with van der Waals surface area (Å²) in [6.07, 6.45) is -27.8. The molecule has 0 aliphatic rings. The average Bonchev–Trinajstić information content (AvgIpc) is 2.92. The van der Waals surface area contributed by atoms with Gasteiger partial charge in [-0.05, 0) is 0 Å². The summed E-state index contributed by atoms with van der Waals surface area (Å²) in [4.78, 5) is 60.5. The number of aliphatic hydroxyl groups excluding tert-OH is 12. The number of carbonyl (C=O) groups is 6. The van der Waals surface area contributed by atoms with E-state index in [1.807, 2.05) is 0 Å². The molecule has 24 nitrogen and oxygen atoms in total. The van der Waals surface area contributed by atoms with Gasteiger partial charge in [-0.2, -0.15) is 0 Å². The molecule has 44 heavy (non-hydrogen) atoms. The van der Waals surface area contributed by atoms with Crippen molar-refractivity contribution in [3.8, 4) is 0 Å². The summed E-state index contributed by atoms with van der Waals surface area (Å²) in [5, 5.41) is 154. The fourth-order valence-corrected chi connectivity index (χ4v) is 2.00. The van der Waals surface area contributed by atoms with E-state index in [0.717, 1.165) is 0 Å². The standard InChI is InChI=1S/3C6H10O8.2Fe/c3*7-1(3(9)5(11)12)2(8)4(10)6(13)14;;/h3*1-4,7-10H,(H,11,12)(H,13,14);;/t2*1-,2+,3+,4-;1-,2-,3-,4+;;/m..0../s1. The summed E-state index contributed by atoms with van der Waals surface area (Å²) < 4.78 is 0. The van der Waals surface area contributed by atoms with Crippen LogP contribution < -0.4 is 0 Å². The second-order valence-corrected chi connectivity index (χ2v) is 7.64. The molecular formula is C18H30Fe2O24. The van der Waals surface area contributed by atoms with E-state index in [0.29, 0.717) is 0 Å². The second kappa shape index (κ2) is 23.7. The normalized spacial score (nSPS) is 18.5. The molecule has 0 aliphatic heterocycles. The molecule has 0 bridgehead atoms. The molecule has 0 heterocycles. The topological polar surface area (TPSA) is 467 Å². The summed E-state index contributed by atoms with van der Waals surface area (Å²) in [6, 6.07) is 0. The Kier molecular flexibility index (Phi) is 27.5. The first-order valence-electron chi connectivity index (χ1n) is 10.4. The van der Waals surface area contributed by atoms with Crippen LogP contribution >= 0.6 is 0 Å². The van der Waals surface area contributed by atoms with Crippen LogP contribution in [0.1, 0.15) is 0 Å². The number of hydrogen-bond donors (Lipinski definition) is 18. The smallest absolute Gasteiger partial charge is 0.335 e. The van der Waals surface area contributed by atoms with E-state index >= 15 is 0 Å².